The van der Waals surface area contributed by atoms with Gasteiger partial charge in [0.2, 0.25) is 5.91 Å². The second-order valence-electron chi connectivity index (χ2n) is 4.35. The summed E-state index contributed by atoms with van der Waals surface area (Å²) in [6, 6.07) is 7.53. The Labute approximate surface area is 102 Å². The van der Waals surface area contributed by atoms with Gasteiger partial charge < -0.3 is 15.4 Å². The van der Waals surface area contributed by atoms with E-state index in [4.69, 9.17) is 10.5 Å². The van der Waals surface area contributed by atoms with Gasteiger partial charge in [0.1, 0.15) is 6.61 Å². The van der Waals surface area contributed by atoms with E-state index in [0.29, 0.717) is 12.2 Å². The van der Waals surface area contributed by atoms with E-state index in [1.54, 1.807) is 11.9 Å². The van der Waals surface area contributed by atoms with E-state index in [-0.39, 0.29) is 18.6 Å². The molecular formula is C13H20N2O2. The number of hydrogen-bond acceptors (Lipinski definition) is 3. The molecule has 0 spiro atoms. The van der Waals surface area contributed by atoms with Crippen molar-refractivity contribution in [1.82, 2.24) is 4.90 Å². The molecule has 0 aliphatic heterocycles. The van der Waals surface area contributed by atoms with Gasteiger partial charge in [0, 0.05) is 19.3 Å². The van der Waals surface area contributed by atoms with Crippen LogP contribution >= 0.6 is 0 Å². The minimum absolute atomic E-state index is 0.0267. The summed E-state index contributed by atoms with van der Waals surface area (Å²) < 4.78 is 5.27. The molecule has 0 atom stereocenters. The Kier molecular flexibility index (Phi) is 4.97. The molecule has 1 aromatic carbocycles. The zero-order valence-corrected chi connectivity index (χ0v) is 10.6. The number of carbonyl (C=O) groups is 1. The highest BCUT2D eigenvalue weighted by Gasteiger charge is 2.10. The van der Waals surface area contributed by atoms with Crippen LogP contribution in [0.4, 0.5) is 5.69 Å². The van der Waals surface area contributed by atoms with Crippen LogP contribution in [-0.2, 0) is 16.1 Å². The second kappa shape index (κ2) is 6.25. The van der Waals surface area contributed by atoms with E-state index in [1.807, 2.05) is 38.1 Å². The predicted molar refractivity (Wildman–Crippen MR) is 68.4 cm³/mol. The second-order valence-corrected chi connectivity index (χ2v) is 4.35. The average Bonchev–Trinajstić information content (AvgIpc) is 2.25. The van der Waals surface area contributed by atoms with Crippen molar-refractivity contribution in [3.05, 3.63) is 29.8 Å². The third kappa shape index (κ3) is 4.87. The number of nitrogens with two attached hydrogens (primary N) is 1. The Morgan fingerprint density at radius 3 is 2.76 bits per heavy atom. The largest absolute Gasteiger partial charge is 0.399 e. The highest BCUT2D eigenvalue weighted by Crippen LogP contribution is 2.08. The number of ether oxygens (including phenoxy) is 1. The molecule has 0 fully saturated rings. The highest BCUT2D eigenvalue weighted by molar-refractivity contribution is 5.77. The van der Waals surface area contributed by atoms with Gasteiger partial charge in [-0.15, -0.1) is 0 Å². The van der Waals surface area contributed by atoms with Crippen LogP contribution in [0, 0.1) is 0 Å². The molecule has 0 aliphatic carbocycles. The summed E-state index contributed by atoms with van der Waals surface area (Å²) in [7, 11) is 1.76. The van der Waals surface area contributed by atoms with Gasteiger partial charge in [-0.2, -0.15) is 0 Å². The van der Waals surface area contributed by atoms with Crippen LogP contribution in [-0.4, -0.2) is 30.6 Å². The van der Waals surface area contributed by atoms with Crippen molar-refractivity contribution in [2.75, 3.05) is 19.4 Å². The van der Waals surface area contributed by atoms with Crippen molar-refractivity contribution in [1.29, 1.82) is 0 Å². The number of likely N-dealkylation sites (N-methyl/N-ethyl adjacent to an activating group) is 1. The number of anilines is 1. The lowest BCUT2D eigenvalue weighted by Gasteiger charge is -2.18. The molecule has 1 amide bonds. The maximum Gasteiger partial charge on any atom is 0.248 e. The van der Waals surface area contributed by atoms with Crippen molar-refractivity contribution in [2.45, 2.75) is 26.5 Å². The van der Waals surface area contributed by atoms with Crippen LogP contribution in [0.5, 0.6) is 0 Å². The number of benzene rings is 1. The zero-order chi connectivity index (χ0) is 12.8. The van der Waals surface area contributed by atoms with Crippen molar-refractivity contribution >= 4 is 11.6 Å². The molecule has 0 aliphatic rings. The Morgan fingerprint density at radius 1 is 1.47 bits per heavy atom. The molecule has 0 saturated carbocycles. The summed E-state index contributed by atoms with van der Waals surface area (Å²) in [5.74, 6) is -0.0267. The quantitative estimate of drug-likeness (QED) is 0.791. The number of rotatable bonds is 5. The first-order chi connectivity index (χ1) is 7.99. The van der Waals surface area contributed by atoms with E-state index in [0.717, 1.165) is 5.56 Å². The van der Waals surface area contributed by atoms with Gasteiger partial charge in [-0.1, -0.05) is 12.1 Å². The number of amides is 1. The van der Waals surface area contributed by atoms with E-state index in [2.05, 4.69) is 0 Å². The van der Waals surface area contributed by atoms with Crippen LogP contribution in [0.15, 0.2) is 24.3 Å². The number of nitrogen functional groups attached to an aromatic ring is 1. The van der Waals surface area contributed by atoms with E-state index in [9.17, 15) is 4.79 Å². The summed E-state index contributed by atoms with van der Waals surface area (Å²) in [5.41, 5.74) is 7.41. The van der Waals surface area contributed by atoms with Crippen molar-refractivity contribution in [2.24, 2.45) is 0 Å². The third-order valence-electron chi connectivity index (χ3n) is 2.34. The van der Waals surface area contributed by atoms with Gasteiger partial charge in [-0.25, -0.2) is 0 Å². The van der Waals surface area contributed by atoms with Crippen molar-refractivity contribution in [3.8, 4) is 0 Å². The Hall–Kier alpha value is -1.55. The molecule has 0 bridgehead atoms. The monoisotopic (exact) mass is 236 g/mol. The van der Waals surface area contributed by atoms with Gasteiger partial charge in [0.05, 0.1) is 6.10 Å². The topological polar surface area (TPSA) is 55.6 Å². The number of nitrogens with zero attached hydrogens (tertiary/aromatic N) is 1. The summed E-state index contributed by atoms with van der Waals surface area (Å²) in [6.45, 7) is 4.48. The summed E-state index contributed by atoms with van der Waals surface area (Å²) in [6.07, 6.45) is 0.0692. The normalized spacial score (nSPS) is 10.6. The predicted octanol–water partition coefficient (Wildman–Crippen LogP) is 1.65. The smallest absolute Gasteiger partial charge is 0.248 e. The SMILES string of the molecule is CC(C)OCC(=O)N(C)Cc1cccc(N)c1. The zero-order valence-electron chi connectivity index (χ0n) is 10.6. The fourth-order valence-corrected chi connectivity index (χ4v) is 1.40. The molecule has 0 heterocycles. The number of carbonyl (C=O) groups excluding carboxylic acids is 1. The molecule has 1 rings (SSSR count). The van der Waals surface area contributed by atoms with Crippen LogP contribution in [0.3, 0.4) is 0 Å². The fraction of sp³-hybridized carbons (Fsp3) is 0.462. The first-order valence-electron chi connectivity index (χ1n) is 5.69. The van der Waals surface area contributed by atoms with E-state index >= 15 is 0 Å². The van der Waals surface area contributed by atoms with Crippen LogP contribution < -0.4 is 5.73 Å². The fourth-order valence-electron chi connectivity index (χ4n) is 1.40. The van der Waals surface area contributed by atoms with Crippen LogP contribution in [0.1, 0.15) is 19.4 Å². The molecule has 2 N–H and O–H groups in total. The highest BCUT2D eigenvalue weighted by atomic mass is 16.5. The number of hydrogen-bond donors (Lipinski definition) is 1. The molecule has 0 saturated heterocycles. The lowest BCUT2D eigenvalue weighted by atomic mass is 10.2. The van der Waals surface area contributed by atoms with E-state index < -0.39 is 0 Å². The van der Waals surface area contributed by atoms with Gasteiger partial charge in [0.25, 0.3) is 0 Å². The van der Waals surface area contributed by atoms with E-state index in [1.165, 1.54) is 0 Å². The van der Waals surface area contributed by atoms with Gasteiger partial charge in [-0.05, 0) is 31.5 Å². The molecule has 0 radical (unpaired) electrons. The molecule has 94 valence electrons. The van der Waals surface area contributed by atoms with Gasteiger partial charge >= 0.3 is 0 Å². The molecule has 0 aromatic heterocycles. The Bertz CT molecular complexity index is 377. The molecule has 0 unspecified atom stereocenters. The molecule has 1 aromatic rings. The third-order valence-corrected chi connectivity index (χ3v) is 2.34. The summed E-state index contributed by atoms with van der Waals surface area (Å²) in [5, 5.41) is 0. The van der Waals surface area contributed by atoms with Gasteiger partial charge in [0.15, 0.2) is 0 Å². The lowest BCUT2D eigenvalue weighted by molar-refractivity contribution is -0.136. The first kappa shape index (κ1) is 13.5. The molecule has 4 nitrogen and oxygen atoms in total. The van der Waals surface area contributed by atoms with Gasteiger partial charge in [-0.3, -0.25) is 4.79 Å². The maximum atomic E-state index is 11.7. The molecule has 4 heteroatoms. The molecule has 17 heavy (non-hydrogen) atoms. The van der Waals surface area contributed by atoms with Crippen molar-refractivity contribution in [3.63, 3.8) is 0 Å². The standard InChI is InChI=1S/C13H20N2O2/c1-10(2)17-9-13(16)15(3)8-11-5-4-6-12(14)7-11/h4-7,10H,8-9,14H2,1-3H3. The average molecular weight is 236 g/mol. The summed E-state index contributed by atoms with van der Waals surface area (Å²) >= 11 is 0. The maximum absolute atomic E-state index is 11.7. The summed E-state index contributed by atoms with van der Waals surface area (Å²) in [4.78, 5) is 13.3. The van der Waals surface area contributed by atoms with Crippen molar-refractivity contribution < 1.29 is 9.53 Å². The molecular weight excluding hydrogens is 216 g/mol. The minimum atomic E-state index is -0.0267. The Morgan fingerprint density at radius 2 is 2.18 bits per heavy atom. The minimum Gasteiger partial charge on any atom is -0.399 e. The lowest BCUT2D eigenvalue weighted by Crippen LogP contribution is -2.30. The van der Waals surface area contributed by atoms with Crippen LogP contribution in [0.25, 0.3) is 0 Å². The van der Waals surface area contributed by atoms with Crippen LogP contribution in [0.2, 0.25) is 0 Å². The Balaban J connectivity index is 2.48. The first-order valence-corrected chi connectivity index (χ1v) is 5.69.